The van der Waals surface area contributed by atoms with Gasteiger partial charge < -0.3 is 10.2 Å². The highest BCUT2D eigenvalue weighted by molar-refractivity contribution is 5.89. The molecule has 164 valence electrons. The van der Waals surface area contributed by atoms with Gasteiger partial charge in [0.1, 0.15) is 0 Å². The SMILES string of the molecule is C=CCN1CCN(Cc2ccccc2Cc2ccccc2)CC1.O=C(O)/C=C\C(=O)O. The molecule has 0 spiro atoms. The molecular formula is C25H30N2O4. The first-order chi connectivity index (χ1) is 15.0. The summed E-state index contributed by atoms with van der Waals surface area (Å²) in [6.07, 6.45) is 4.14. The van der Waals surface area contributed by atoms with E-state index in [1.165, 1.54) is 16.7 Å². The van der Waals surface area contributed by atoms with Gasteiger partial charge in [0, 0.05) is 51.4 Å². The van der Waals surface area contributed by atoms with E-state index in [4.69, 9.17) is 10.2 Å². The highest BCUT2D eigenvalue weighted by atomic mass is 16.4. The van der Waals surface area contributed by atoms with Crippen LogP contribution in [0.3, 0.4) is 0 Å². The molecule has 0 saturated carbocycles. The van der Waals surface area contributed by atoms with Crippen molar-refractivity contribution in [2.45, 2.75) is 13.0 Å². The van der Waals surface area contributed by atoms with E-state index in [9.17, 15) is 9.59 Å². The number of aliphatic carboxylic acids is 2. The topological polar surface area (TPSA) is 81.1 Å². The van der Waals surface area contributed by atoms with Crippen LogP contribution in [0.2, 0.25) is 0 Å². The first kappa shape index (κ1) is 24.1. The molecule has 0 bridgehead atoms. The Morgan fingerprint density at radius 3 is 1.87 bits per heavy atom. The first-order valence-electron chi connectivity index (χ1n) is 10.3. The molecule has 0 aromatic heterocycles. The van der Waals surface area contributed by atoms with E-state index < -0.39 is 11.9 Å². The molecule has 0 unspecified atom stereocenters. The van der Waals surface area contributed by atoms with Gasteiger partial charge >= 0.3 is 11.9 Å². The molecule has 0 radical (unpaired) electrons. The normalized spacial score (nSPS) is 14.6. The molecule has 0 aliphatic carbocycles. The number of carboxylic acids is 2. The molecule has 2 aromatic rings. The first-order valence-corrected chi connectivity index (χ1v) is 10.3. The highest BCUT2D eigenvalue weighted by Crippen LogP contribution is 2.17. The number of nitrogens with zero attached hydrogens (tertiary/aromatic N) is 2. The number of hydrogen-bond donors (Lipinski definition) is 2. The predicted octanol–water partition coefficient (Wildman–Crippen LogP) is 3.29. The molecule has 1 fully saturated rings. The van der Waals surface area contributed by atoms with Crippen molar-refractivity contribution in [1.82, 2.24) is 9.80 Å². The van der Waals surface area contributed by atoms with Crippen molar-refractivity contribution in [1.29, 1.82) is 0 Å². The van der Waals surface area contributed by atoms with Gasteiger partial charge in [0.15, 0.2) is 0 Å². The van der Waals surface area contributed by atoms with Crippen LogP contribution >= 0.6 is 0 Å². The van der Waals surface area contributed by atoms with Gasteiger partial charge in [-0.25, -0.2) is 9.59 Å². The van der Waals surface area contributed by atoms with Crippen LogP contribution in [0.15, 0.2) is 79.4 Å². The standard InChI is InChI=1S/C21H26N2.C4H4O4/c1-2-12-22-13-15-23(16-14-22)18-21-11-7-6-10-20(21)17-19-8-4-3-5-9-19;5-3(6)1-2-4(7)8/h2-11H,1,12-18H2;1-2H,(H,5,6)(H,7,8)/b;2-1-. The molecule has 0 amide bonds. The Hall–Kier alpha value is -3.22. The van der Waals surface area contributed by atoms with Crippen LogP contribution in [0.1, 0.15) is 16.7 Å². The number of rotatable bonds is 8. The van der Waals surface area contributed by atoms with Gasteiger partial charge in [0.2, 0.25) is 0 Å². The molecule has 1 heterocycles. The third-order valence-electron chi connectivity index (χ3n) is 4.97. The zero-order valence-electron chi connectivity index (χ0n) is 17.7. The lowest BCUT2D eigenvalue weighted by molar-refractivity contribution is -0.134. The van der Waals surface area contributed by atoms with Crippen LogP contribution < -0.4 is 0 Å². The maximum absolute atomic E-state index is 9.55. The summed E-state index contributed by atoms with van der Waals surface area (Å²) in [5, 5.41) is 15.6. The Kier molecular flexibility index (Phi) is 10.2. The number of piperazine rings is 1. The zero-order valence-corrected chi connectivity index (χ0v) is 17.7. The molecule has 2 aromatic carbocycles. The fourth-order valence-corrected chi connectivity index (χ4v) is 3.40. The maximum Gasteiger partial charge on any atom is 0.328 e. The van der Waals surface area contributed by atoms with E-state index in [0.717, 1.165) is 45.7 Å². The lowest BCUT2D eigenvalue weighted by Gasteiger charge is -2.34. The number of hydrogen-bond acceptors (Lipinski definition) is 4. The third-order valence-corrected chi connectivity index (χ3v) is 4.97. The van der Waals surface area contributed by atoms with Gasteiger partial charge in [0.25, 0.3) is 0 Å². The summed E-state index contributed by atoms with van der Waals surface area (Å²) < 4.78 is 0. The van der Waals surface area contributed by atoms with Crippen molar-refractivity contribution < 1.29 is 19.8 Å². The van der Waals surface area contributed by atoms with Crippen molar-refractivity contribution in [3.8, 4) is 0 Å². The van der Waals surface area contributed by atoms with Gasteiger partial charge in [0.05, 0.1) is 0 Å². The van der Waals surface area contributed by atoms with E-state index in [0.29, 0.717) is 12.2 Å². The Bertz CT molecular complexity index is 856. The van der Waals surface area contributed by atoms with Gasteiger partial charge in [-0.2, -0.15) is 0 Å². The van der Waals surface area contributed by atoms with Crippen LogP contribution in [-0.4, -0.2) is 64.7 Å². The third kappa shape index (κ3) is 9.42. The summed E-state index contributed by atoms with van der Waals surface area (Å²) in [6.45, 7) is 10.5. The average molecular weight is 423 g/mol. The Labute approximate surface area is 183 Å². The summed E-state index contributed by atoms with van der Waals surface area (Å²) in [5.41, 5.74) is 4.30. The molecule has 6 heteroatoms. The second kappa shape index (κ2) is 13.2. The van der Waals surface area contributed by atoms with Crippen LogP contribution in [0.25, 0.3) is 0 Å². The van der Waals surface area contributed by atoms with Crippen LogP contribution in [0.4, 0.5) is 0 Å². The average Bonchev–Trinajstić information content (AvgIpc) is 2.76. The van der Waals surface area contributed by atoms with Crippen LogP contribution in [0.5, 0.6) is 0 Å². The predicted molar refractivity (Wildman–Crippen MR) is 122 cm³/mol. The number of carbonyl (C=O) groups is 2. The Balaban J connectivity index is 0.000000366. The fraction of sp³-hybridized carbons (Fsp3) is 0.280. The van der Waals surface area contributed by atoms with Gasteiger partial charge in [-0.15, -0.1) is 6.58 Å². The van der Waals surface area contributed by atoms with E-state index in [2.05, 4.69) is 71.0 Å². The highest BCUT2D eigenvalue weighted by Gasteiger charge is 2.16. The summed E-state index contributed by atoms with van der Waals surface area (Å²) in [7, 11) is 0. The molecular weight excluding hydrogens is 392 g/mol. The maximum atomic E-state index is 9.55. The van der Waals surface area contributed by atoms with Crippen molar-refractivity contribution in [3.63, 3.8) is 0 Å². The zero-order chi connectivity index (χ0) is 22.5. The summed E-state index contributed by atoms with van der Waals surface area (Å²) in [6, 6.07) is 19.6. The van der Waals surface area contributed by atoms with Gasteiger partial charge in [-0.1, -0.05) is 60.7 Å². The molecule has 1 aliphatic heterocycles. The van der Waals surface area contributed by atoms with E-state index >= 15 is 0 Å². The molecule has 1 aliphatic rings. The largest absolute Gasteiger partial charge is 0.478 e. The van der Waals surface area contributed by atoms with Crippen LogP contribution in [-0.2, 0) is 22.6 Å². The Morgan fingerprint density at radius 1 is 0.806 bits per heavy atom. The number of benzene rings is 2. The second-order valence-electron chi connectivity index (χ2n) is 7.31. The van der Waals surface area contributed by atoms with Crippen molar-refractivity contribution in [3.05, 3.63) is 96.1 Å². The Morgan fingerprint density at radius 2 is 1.32 bits per heavy atom. The number of carboxylic acid groups (broad SMARTS) is 2. The fourth-order valence-electron chi connectivity index (χ4n) is 3.40. The van der Waals surface area contributed by atoms with E-state index in [1.54, 1.807) is 0 Å². The second-order valence-corrected chi connectivity index (χ2v) is 7.31. The minimum Gasteiger partial charge on any atom is -0.478 e. The summed E-state index contributed by atoms with van der Waals surface area (Å²) >= 11 is 0. The van der Waals surface area contributed by atoms with Gasteiger partial charge in [-0.05, 0) is 23.1 Å². The lowest BCUT2D eigenvalue weighted by atomic mass is 9.99. The van der Waals surface area contributed by atoms with Crippen LogP contribution in [0, 0.1) is 0 Å². The summed E-state index contributed by atoms with van der Waals surface area (Å²) in [4.78, 5) is 24.2. The molecule has 31 heavy (non-hydrogen) atoms. The molecule has 6 nitrogen and oxygen atoms in total. The summed E-state index contributed by atoms with van der Waals surface area (Å²) in [5.74, 6) is -2.51. The minimum absolute atomic E-state index is 0.558. The molecule has 2 N–H and O–H groups in total. The van der Waals surface area contributed by atoms with E-state index in [-0.39, 0.29) is 0 Å². The smallest absolute Gasteiger partial charge is 0.328 e. The van der Waals surface area contributed by atoms with E-state index in [1.807, 2.05) is 6.08 Å². The molecule has 3 rings (SSSR count). The van der Waals surface area contributed by atoms with Crippen molar-refractivity contribution >= 4 is 11.9 Å². The lowest BCUT2D eigenvalue weighted by Crippen LogP contribution is -2.45. The molecule has 1 saturated heterocycles. The minimum atomic E-state index is -1.26. The van der Waals surface area contributed by atoms with Crippen molar-refractivity contribution in [2.24, 2.45) is 0 Å². The molecule has 0 atom stereocenters. The van der Waals surface area contributed by atoms with Crippen molar-refractivity contribution in [2.75, 3.05) is 32.7 Å². The quantitative estimate of drug-likeness (QED) is 0.502. The monoisotopic (exact) mass is 422 g/mol. The van der Waals surface area contributed by atoms with Gasteiger partial charge in [-0.3, -0.25) is 9.80 Å².